The number of aromatic nitrogens is 1. The van der Waals surface area contributed by atoms with Gasteiger partial charge >= 0.3 is 0 Å². The molecule has 78 valence electrons. The van der Waals surface area contributed by atoms with Gasteiger partial charge in [-0.2, -0.15) is 0 Å². The molecule has 0 spiro atoms. The molecular weight excluding hydrogens is 196 g/mol. The summed E-state index contributed by atoms with van der Waals surface area (Å²) in [6.45, 7) is 8.04. The third kappa shape index (κ3) is 2.54. The van der Waals surface area contributed by atoms with Gasteiger partial charge in [-0.3, -0.25) is 4.79 Å². The molecule has 0 radical (unpaired) electrons. The summed E-state index contributed by atoms with van der Waals surface area (Å²) in [5, 5.41) is 2.95. The second-order valence-corrected chi connectivity index (χ2v) is 4.63. The first-order valence-electron chi connectivity index (χ1n) is 4.73. The van der Waals surface area contributed by atoms with E-state index in [1.54, 1.807) is 5.51 Å². The predicted molar refractivity (Wildman–Crippen MR) is 58.6 cm³/mol. The van der Waals surface area contributed by atoms with Crippen LogP contribution in [-0.2, 0) is 0 Å². The molecule has 0 aliphatic heterocycles. The number of aryl methyl sites for hydroxylation is 1. The molecular formula is C10H16N2OS. The van der Waals surface area contributed by atoms with Gasteiger partial charge in [0.1, 0.15) is 4.88 Å². The van der Waals surface area contributed by atoms with E-state index < -0.39 is 0 Å². The highest BCUT2D eigenvalue weighted by atomic mass is 32.1. The summed E-state index contributed by atoms with van der Waals surface area (Å²) >= 11 is 1.39. The van der Waals surface area contributed by atoms with Gasteiger partial charge in [0, 0.05) is 6.04 Å². The molecule has 0 bridgehead atoms. The maximum Gasteiger partial charge on any atom is 0.263 e. The van der Waals surface area contributed by atoms with Gasteiger partial charge in [-0.25, -0.2) is 4.98 Å². The van der Waals surface area contributed by atoms with Crippen molar-refractivity contribution in [2.45, 2.75) is 33.7 Å². The van der Waals surface area contributed by atoms with E-state index in [1.807, 2.05) is 13.8 Å². The molecule has 0 fully saturated rings. The third-order valence-electron chi connectivity index (χ3n) is 2.31. The summed E-state index contributed by atoms with van der Waals surface area (Å²) in [6, 6.07) is 0.198. The highest BCUT2D eigenvalue weighted by molar-refractivity contribution is 7.11. The zero-order chi connectivity index (χ0) is 10.7. The Bertz CT molecular complexity index is 320. The molecule has 1 unspecified atom stereocenters. The third-order valence-corrected chi connectivity index (χ3v) is 3.24. The molecule has 14 heavy (non-hydrogen) atoms. The topological polar surface area (TPSA) is 42.0 Å². The van der Waals surface area contributed by atoms with Crippen LogP contribution in [0.25, 0.3) is 0 Å². The van der Waals surface area contributed by atoms with Crippen molar-refractivity contribution in [2.75, 3.05) is 0 Å². The first-order chi connectivity index (χ1) is 6.52. The van der Waals surface area contributed by atoms with Crippen molar-refractivity contribution in [2.24, 2.45) is 5.92 Å². The van der Waals surface area contributed by atoms with Crippen molar-refractivity contribution < 1.29 is 4.79 Å². The van der Waals surface area contributed by atoms with Crippen LogP contribution in [0.15, 0.2) is 5.51 Å². The number of nitrogens with one attached hydrogen (secondary N) is 1. The number of nitrogens with zero attached hydrogens (tertiary/aromatic N) is 1. The van der Waals surface area contributed by atoms with Gasteiger partial charge in [-0.15, -0.1) is 11.3 Å². The van der Waals surface area contributed by atoms with Crippen molar-refractivity contribution in [3.8, 4) is 0 Å². The molecule has 1 aromatic heterocycles. The number of carbonyl (C=O) groups excluding carboxylic acids is 1. The highest BCUT2D eigenvalue weighted by Gasteiger charge is 2.15. The zero-order valence-electron chi connectivity index (χ0n) is 9.00. The first-order valence-corrected chi connectivity index (χ1v) is 5.61. The molecule has 0 saturated heterocycles. The minimum Gasteiger partial charge on any atom is -0.349 e. The molecule has 1 atom stereocenters. The van der Waals surface area contributed by atoms with Crippen LogP contribution in [0.5, 0.6) is 0 Å². The smallest absolute Gasteiger partial charge is 0.263 e. The van der Waals surface area contributed by atoms with Crippen molar-refractivity contribution in [3.63, 3.8) is 0 Å². The maximum absolute atomic E-state index is 11.7. The van der Waals surface area contributed by atoms with Crippen molar-refractivity contribution in [1.29, 1.82) is 0 Å². The van der Waals surface area contributed by atoms with Crippen LogP contribution in [0.3, 0.4) is 0 Å². The minimum atomic E-state index is -0.00815. The summed E-state index contributed by atoms with van der Waals surface area (Å²) in [4.78, 5) is 16.5. The number of rotatable bonds is 3. The van der Waals surface area contributed by atoms with E-state index in [9.17, 15) is 4.79 Å². The van der Waals surface area contributed by atoms with E-state index >= 15 is 0 Å². The van der Waals surface area contributed by atoms with Crippen LogP contribution in [-0.4, -0.2) is 16.9 Å². The average molecular weight is 212 g/mol. The van der Waals surface area contributed by atoms with Crippen molar-refractivity contribution in [1.82, 2.24) is 10.3 Å². The Kier molecular flexibility index (Phi) is 3.63. The standard InChI is InChI=1S/C10H16N2OS/c1-6(2)7(3)12-10(13)9-8(4)11-5-14-9/h5-7H,1-4H3,(H,12,13). The first kappa shape index (κ1) is 11.2. The highest BCUT2D eigenvalue weighted by Crippen LogP contribution is 2.12. The van der Waals surface area contributed by atoms with Crippen LogP contribution < -0.4 is 5.32 Å². The lowest BCUT2D eigenvalue weighted by Crippen LogP contribution is -2.35. The molecule has 1 N–H and O–H groups in total. The van der Waals surface area contributed by atoms with Crippen LogP contribution in [0.4, 0.5) is 0 Å². The fraction of sp³-hybridized carbons (Fsp3) is 0.600. The summed E-state index contributed by atoms with van der Waals surface area (Å²) in [5.41, 5.74) is 2.51. The van der Waals surface area contributed by atoms with Gasteiger partial charge in [0.05, 0.1) is 11.2 Å². The van der Waals surface area contributed by atoms with Crippen molar-refractivity contribution in [3.05, 3.63) is 16.1 Å². The van der Waals surface area contributed by atoms with E-state index in [1.165, 1.54) is 11.3 Å². The van der Waals surface area contributed by atoms with Crippen LogP contribution in [0, 0.1) is 12.8 Å². The quantitative estimate of drug-likeness (QED) is 0.834. The lowest BCUT2D eigenvalue weighted by molar-refractivity contribution is 0.0934. The Morgan fingerprint density at radius 1 is 1.50 bits per heavy atom. The minimum absolute atomic E-state index is 0.00815. The summed E-state index contributed by atoms with van der Waals surface area (Å²) in [5.74, 6) is 0.443. The molecule has 0 aromatic carbocycles. The van der Waals surface area contributed by atoms with Crippen LogP contribution >= 0.6 is 11.3 Å². The molecule has 4 heteroatoms. The summed E-state index contributed by atoms with van der Waals surface area (Å²) in [7, 11) is 0. The second kappa shape index (κ2) is 4.55. The summed E-state index contributed by atoms with van der Waals surface area (Å²) in [6.07, 6.45) is 0. The number of carbonyl (C=O) groups is 1. The fourth-order valence-corrected chi connectivity index (χ4v) is 1.66. The average Bonchev–Trinajstić information content (AvgIpc) is 2.51. The normalized spacial score (nSPS) is 12.9. The molecule has 1 heterocycles. The Morgan fingerprint density at radius 2 is 2.14 bits per heavy atom. The fourth-order valence-electron chi connectivity index (χ4n) is 0.959. The lowest BCUT2D eigenvalue weighted by atomic mass is 10.1. The molecule has 0 aliphatic carbocycles. The predicted octanol–water partition coefficient (Wildman–Crippen LogP) is 2.23. The Balaban J connectivity index is 2.64. The SMILES string of the molecule is Cc1ncsc1C(=O)NC(C)C(C)C. The monoisotopic (exact) mass is 212 g/mol. The lowest BCUT2D eigenvalue weighted by Gasteiger charge is -2.16. The summed E-state index contributed by atoms with van der Waals surface area (Å²) < 4.78 is 0. The van der Waals surface area contributed by atoms with E-state index in [2.05, 4.69) is 24.1 Å². The molecule has 1 aromatic rings. The largest absolute Gasteiger partial charge is 0.349 e. The number of thiazole rings is 1. The van der Waals surface area contributed by atoms with Crippen molar-refractivity contribution >= 4 is 17.2 Å². The van der Waals surface area contributed by atoms with Gasteiger partial charge < -0.3 is 5.32 Å². The van der Waals surface area contributed by atoms with Gasteiger partial charge in [-0.05, 0) is 19.8 Å². The molecule has 3 nitrogen and oxygen atoms in total. The van der Waals surface area contributed by atoms with Crippen LogP contribution in [0.2, 0.25) is 0 Å². The van der Waals surface area contributed by atoms with Gasteiger partial charge in [0.15, 0.2) is 0 Å². The van der Waals surface area contributed by atoms with E-state index in [4.69, 9.17) is 0 Å². The Morgan fingerprint density at radius 3 is 2.57 bits per heavy atom. The number of hydrogen-bond donors (Lipinski definition) is 1. The Labute approximate surface area is 88.6 Å². The van der Waals surface area contributed by atoms with E-state index in [-0.39, 0.29) is 11.9 Å². The maximum atomic E-state index is 11.7. The molecule has 1 amide bonds. The Hall–Kier alpha value is -0.900. The molecule has 0 saturated carbocycles. The molecule has 1 rings (SSSR count). The van der Waals surface area contributed by atoms with Gasteiger partial charge in [-0.1, -0.05) is 13.8 Å². The number of amides is 1. The van der Waals surface area contributed by atoms with Gasteiger partial charge in [0.25, 0.3) is 5.91 Å². The zero-order valence-corrected chi connectivity index (χ0v) is 9.81. The van der Waals surface area contributed by atoms with Gasteiger partial charge in [0.2, 0.25) is 0 Å². The number of hydrogen-bond acceptors (Lipinski definition) is 3. The van der Waals surface area contributed by atoms with E-state index in [0.717, 1.165) is 10.6 Å². The van der Waals surface area contributed by atoms with Crippen LogP contribution in [0.1, 0.15) is 36.1 Å². The second-order valence-electron chi connectivity index (χ2n) is 3.77. The van der Waals surface area contributed by atoms with E-state index in [0.29, 0.717) is 5.92 Å². The molecule has 0 aliphatic rings.